The molecule has 0 aromatic heterocycles. The highest BCUT2D eigenvalue weighted by molar-refractivity contribution is 7.80. The lowest BCUT2D eigenvalue weighted by atomic mass is 10.1. The highest BCUT2D eigenvalue weighted by atomic mass is 32.1. The van der Waals surface area contributed by atoms with E-state index in [9.17, 15) is 0 Å². The summed E-state index contributed by atoms with van der Waals surface area (Å²) in [5.74, 6) is 0. The van der Waals surface area contributed by atoms with Crippen molar-refractivity contribution in [2.45, 2.75) is 58.4 Å². The van der Waals surface area contributed by atoms with E-state index in [2.05, 4.69) is 48.7 Å². The van der Waals surface area contributed by atoms with Crippen LogP contribution in [0.3, 0.4) is 0 Å². The number of rotatable bonds is 9. The maximum absolute atomic E-state index is 5.33. The molecule has 112 valence electrons. The molecule has 1 aromatic rings. The van der Waals surface area contributed by atoms with E-state index in [0.717, 1.165) is 11.7 Å². The normalized spacial score (nSPS) is 11.9. The third-order valence-electron chi connectivity index (χ3n) is 3.46. The third-order valence-corrected chi connectivity index (χ3v) is 3.73. The number of nitrogens with one attached hydrogen (secondary N) is 2. The minimum absolute atomic E-state index is 0.251. The fraction of sp³-hybridized carbons (Fsp3) is 0.588. The van der Waals surface area contributed by atoms with Gasteiger partial charge in [0.15, 0.2) is 5.11 Å². The van der Waals surface area contributed by atoms with Crippen LogP contribution in [-0.2, 0) is 0 Å². The Balaban J connectivity index is 2.08. The van der Waals surface area contributed by atoms with E-state index in [1.807, 2.05) is 6.07 Å². The molecule has 1 aromatic carbocycles. The van der Waals surface area contributed by atoms with Gasteiger partial charge in [-0.25, -0.2) is 0 Å². The van der Waals surface area contributed by atoms with Crippen LogP contribution in [0.5, 0.6) is 0 Å². The first-order chi connectivity index (χ1) is 9.74. The molecule has 0 aliphatic carbocycles. The molecule has 0 aliphatic heterocycles. The molecule has 3 heteroatoms. The molecular weight excluding hydrogens is 264 g/mol. The molecule has 0 fully saturated rings. The quantitative estimate of drug-likeness (QED) is 0.515. The van der Waals surface area contributed by atoms with Crippen molar-refractivity contribution in [1.29, 1.82) is 0 Å². The maximum Gasteiger partial charge on any atom is 0.166 e. The van der Waals surface area contributed by atoms with E-state index < -0.39 is 0 Å². The van der Waals surface area contributed by atoms with Crippen LogP contribution in [0.4, 0.5) is 0 Å². The SMILES string of the molecule is CCCCCCCCNC(=S)NC(C)c1ccccc1. The van der Waals surface area contributed by atoms with Gasteiger partial charge in [0.1, 0.15) is 0 Å². The lowest BCUT2D eigenvalue weighted by Gasteiger charge is -2.17. The third kappa shape index (κ3) is 7.49. The minimum atomic E-state index is 0.251. The predicted molar refractivity (Wildman–Crippen MR) is 92.0 cm³/mol. The van der Waals surface area contributed by atoms with Crippen molar-refractivity contribution in [3.05, 3.63) is 35.9 Å². The zero-order chi connectivity index (χ0) is 14.6. The van der Waals surface area contributed by atoms with E-state index in [-0.39, 0.29) is 6.04 Å². The van der Waals surface area contributed by atoms with Gasteiger partial charge >= 0.3 is 0 Å². The van der Waals surface area contributed by atoms with Crippen molar-refractivity contribution in [3.63, 3.8) is 0 Å². The van der Waals surface area contributed by atoms with Crippen LogP contribution in [0.2, 0.25) is 0 Å². The average Bonchev–Trinajstić information content (AvgIpc) is 2.47. The summed E-state index contributed by atoms with van der Waals surface area (Å²) >= 11 is 5.33. The maximum atomic E-state index is 5.33. The van der Waals surface area contributed by atoms with Crippen LogP contribution >= 0.6 is 12.2 Å². The van der Waals surface area contributed by atoms with Gasteiger partial charge in [-0.15, -0.1) is 0 Å². The summed E-state index contributed by atoms with van der Waals surface area (Å²) in [6.07, 6.45) is 7.88. The van der Waals surface area contributed by atoms with E-state index in [0.29, 0.717) is 0 Å². The van der Waals surface area contributed by atoms with Gasteiger partial charge in [-0.3, -0.25) is 0 Å². The summed E-state index contributed by atoms with van der Waals surface area (Å²) in [6.45, 7) is 5.35. The highest BCUT2D eigenvalue weighted by Gasteiger charge is 2.05. The molecule has 0 amide bonds. The Labute approximate surface area is 129 Å². The molecule has 2 N–H and O–H groups in total. The standard InChI is InChI=1S/C17H28N2S/c1-3-4-5-6-7-11-14-18-17(20)19-15(2)16-12-9-8-10-13-16/h8-10,12-13,15H,3-7,11,14H2,1-2H3,(H2,18,19,20). The predicted octanol–water partition coefficient (Wildman–Crippen LogP) is 4.57. The molecule has 1 unspecified atom stereocenters. The smallest absolute Gasteiger partial charge is 0.166 e. The van der Waals surface area contributed by atoms with Crippen molar-refractivity contribution in [3.8, 4) is 0 Å². The molecule has 0 heterocycles. The molecule has 0 bridgehead atoms. The van der Waals surface area contributed by atoms with Crippen molar-refractivity contribution in [1.82, 2.24) is 10.6 Å². The molecule has 0 radical (unpaired) electrons. The summed E-state index contributed by atoms with van der Waals surface area (Å²) in [4.78, 5) is 0. The first kappa shape index (κ1) is 17.0. The summed E-state index contributed by atoms with van der Waals surface area (Å²) in [5.41, 5.74) is 1.26. The minimum Gasteiger partial charge on any atom is -0.363 e. The topological polar surface area (TPSA) is 24.1 Å². The number of hydrogen-bond acceptors (Lipinski definition) is 1. The first-order valence-electron chi connectivity index (χ1n) is 7.83. The van der Waals surface area contributed by atoms with Gasteiger partial charge in [-0.2, -0.15) is 0 Å². The molecule has 0 saturated heterocycles. The molecule has 0 saturated carbocycles. The largest absolute Gasteiger partial charge is 0.363 e. The Morgan fingerprint density at radius 2 is 1.70 bits per heavy atom. The van der Waals surface area contributed by atoms with Gasteiger partial charge in [0, 0.05) is 6.54 Å². The van der Waals surface area contributed by atoms with Gasteiger partial charge in [-0.1, -0.05) is 69.4 Å². The van der Waals surface area contributed by atoms with E-state index in [1.54, 1.807) is 0 Å². The fourth-order valence-corrected chi connectivity index (χ4v) is 2.46. The highest BCUT2D eigenvalue weighted by Crippen LogP contribution is 2.10. The van der Waals surface area contributed by atoms with Crippen molar-refractivity contribution in [2.75, 3.05) is 6.54 Å². The monoisotopic (exact) mass is 292 g/mol. The number of hydrogen-bond donors (Lipinski definition) is 2. The Kier molecular flexibility index (Phi) is 9.05. The van der Waals surface area contributed by atoms with Crippen molar-refractivity contribution >= 4 is 17.3 Å². The second-order valence-electron chi connectivity index (χ2n) is 5.30. The van der Waals surface area contributed by atoms with Crippen molar-refractivity contribution < 1.29 is 0 Å². The lowest BCUT2D eigenvalue weighted by molar-refractivity contribution is 0.598. The Hall–Kier alpha value is -1.09. The van der Waals surface area contributed by atoms with E-state index in [1.165, 1.54) is 44.1 Å². The summed E-state index contributed by atoms with van der Waals surface area (Å²) in [7, 11) is 0. The second kappa shape index (κ2) is 10.7. The van der Waals surface area contributed by atoms with Gasteiger partial charge in [0.05, 0.1) is 6.04 Å². The molecule has 1 rings (SSSR count). The van der Waals surface area contributed by atoms with Crippen molar-refractivity contribution in [2.24, 2.45) is 0 Å². The summed E-state index contributed by atoms with van der Waals surface area (Å²) in [5, 5.41) is 7.38. The lowest BCUT2D eigenvalue weighted by Crippen LogP contribution is -2.37. The van der Waals surface area contributed by atoms with Crippen LogP contribution in [0.1, 0.15) is 64.0 Å². The van der Waals surface area contributed by atoms with Gasteiger partial charge in [0.2, 0.25) is 0 Å². The Morgan fingerprint density at radius 1 is 1.05 bits per heavy atom. The van der Waals surface area contributed by atoms with Gasteiger partial charge in [-0.05, 0) is 31.1 Å². The summed E-state index contributed by atoms with van der Waals surface area (Å²) in [6, 6.07) is 10.6. The zero-order valence-electron chi connectivity index (χ0n) is 12.8. The molecule has 2 nitrogen and oxygen atoms in total. The van der Waals surface area contributed by atoms with Crippen LogP contribution in [0.25, 0.3) is 0 Å². The van der Waals surface area contributed by atoms with Gasteiger partial charge < -0.3 is 10.6 Å². The molecule has 20 heavy (non-hydrogen) atoms. The Bertz CT molecular complexity index is 365. The number of thiocarbonyl (C=S) groups is 1. The van der Waals surface area contributed by atoms with Crippen LogP contribution in [-0.4, -0.2) is 11.7 Å². The zero-order valence-corrected chi connectivity index (χ0v) is 13.6. The van der Waals surface area contributed by atoms with E-state index >= 15 is 0 Å². The Morgan fingerprint density at radius 3 is 2.40 bits per heavy atom. The first-order valence-corrected chi connectivity index (χ1v) is 8.24. The number of benzene rings is 1. The van der Waals surface area contributed by atoms with Crippen LogP contribution < -0.4 is 10.6 Å². The fourth-order valence-electron chi connectivity index (χ4n) is 2.18. The van der Waals surface area contributed by atoms with Crippen LogP contribution in [0, 0.1) is 0 Å². The molecule has 0 aliphatic rings. The second-order valence-corrected chi connectivity index (χ2v) is 5.71. The van der Waals surface area contributed by atoms with Gasteiger partial charge in [0.25, 0.3) is 0 Å². The average molecular weight is 292 g/mol. The molecule has 0 spiro atoms. The van der Waals surface area contributed by atoms with E-state index in [4.69, 9.17) is 12.2 Å². The van der Waals surface area contributed by atoms with Crippen LogP contribution in [0.15, 0.2) is 30.3 Å². The molecular formula is C17H28N2S. The molecule has 1 atom stereocenters. The number of unbranched alkanes of at least 4 members (excludes halogenated alkanes) is 5. The summed E-state index contributed by atoms with van der Waals surface area (Å²) < 4.78 is 0.